The van der Waals surface area contributed by atoms with E-state index in [0.717, 1.165) is 15.7 Å². The molecule has 2 rings (SSSR count). The molecule has 0 unspecified atom stereocenters. The predicted molar refractivity (Wildman–Crippen MR) is 78.0 cm³/mol. The normalized spacial score (nSPS) is 9.47. The quantitative estimate of drug-likeness (QED) is 0.902. The number of benzene rings is 2. The van der Waals surface area contributed by atoms with Crippen molar-refractivity contribution in [2.75, 3.05) is 5.32 Å². The zero-order valence-corrected chi connectivity index (χ0v) is 11.8. The summed E-state index contributed by atoms with van der Waals surface area (Å²) in [6.07, 6.45) is 0. The molecule has 1 N–H and O–H groups in total. The highest BCUT2D eigenvalue weighted by molar-refractivity contribution is 9.10. The third-order valence-corrected chi connectivity index (χ3v) is 3.23. The summed E-state index contributed by atoms with van der Waals surface area (Å²) in [5, 5.41) is 21.3. The van der Waals surface area contributed by atoms with E-state index in [9.17, 15) is 0 Å². The van der Waals surface area contributed by atoms with Crippen molar-refractivity contribution in [2.45, 2.75) is 6.92 Å². The van der Waals surface area contributed by atoms with E-state index in [2.05, 4.69) is 33.4 Å². The molecule has 0 aliphatic rings. The fraction of sp³-hybridized carbons (Fsp3) is 0.0667. The van der Waals surface area contributed by atoms with E-state index in [-0.39, 0.29) is 0 Å². The number of nitriles is 2. The topological polar surface area (TPSA) is 59.6 Å². The van der Waals surface area contributed by atoms with E-state index in [1.54, 1.807) is 12.1 Å². The van der Waals surface area contributed by atoms with Crippen LogP contribution in [-0.2, 0) is 0 Å². The maximum Gasteiger partial charge on any atom is 0.101 e. The lowest BCUT2D eigenvalue weighted by molar-refractivity contribution is 1.38. The molecule has 0 atom stereocenters. The van der Waals surface area contributed by atoms with Gasteiger partial charge in [0, 0.05) is 10.2 Å². The third-order valence-electron chi connectivity index (χ3n) is 2.74. The van der Waals surface area contributed by atoms with Gasteiger partial charge in [-0.3, -0.25) is 0 Å². The van der Waals surface area contributed by atoms with Crippen LogP contribution in [0.1, 0.15) is 16.7 Å². The Labute approximate surface area is 120 Å². The van der Waals surface area contributed by atoms with Crippen molar-refractivity contribution in [3.63, 3.8) is 0 Å². The summed E-state index contributed by atoms with van der Waals surface area (Å²) in [6.45, 7) is 1.89. The van der Waals surface area contributed by atoms with Crippen LogP contribution < -0.4 is 5.32 Å². The molecule has 0 heterocycles. The summed E-state index contributed by atoms with van der Waals surface area (Å²) in [5.41, 5.74) is 3.62. The summed E-state index contributed by atoms with van der Waals surface area (Å²) < 4.78 is 0.890. The van der Waals surface area contributed by atoms with E-state index in [1.165, 1.54) is 0 Å². The van der Waals surface area contributed by atoms with Crippen molar-refractivity contribution in [1.82, 2.24) is 0 Å². The van der Waals surface area contributed by atoms with Crippen LogP contribution in [0.5, 0.6) is 0 Å². The minimum Gasteiger partial charge on any atom is -0.354 e. The Morgan fingerprint density at radius 2 is 1.74 bits per heavy atom. The summed E-state index contributed by atoms with van der Waals surface area (Å²) in [6, 6.07) is 15.2. The number of nitrogens with zero attached hydrogens (tertiary/aromatic N) is 2. The molecule has 0 saturated heterocycles. The van der Waals surface area contributed by atoms with E-state index >= 15 is 0 Å². The van der Waals surface area contributed by atoms with Crippen LogP contribution in [-0.4, -0.2) is 0 Å². The van der Waals surface area contributed by atoms with Gasteiger partial charge in [0.2, 0.25) is 0 Å². The summed E-state index contributed by atoms with van der Waals surface area (Å²) in [7, 11) is 0. The first-order valence-electron chi connectivity index (χ1n) is 5.61. The van der Waals surface area contributed by atoms with E-state index in [4.69, 9.17) is 10.5 Å². The van der Waals surface area contributed by atoms with Crippen LogP contribution >= 0.6 is 15.9 Å². The predicted octanol–water partition coefficient (Wildman–Crippen LogP) is 4.24. The summed E-state index contributed by atoms with van der Waals surface area (Å²) >= 11 is 3.38. The minimum atomic E-state index is 0.558. The molecule has 0 fully saturated rings. The van der Waals surface area contributed by atoms with Gasteiger partial charge in [0.25, 0.3) is 0 Å². The lowest BCUT2D eigenvalue weighted by atomic mass is 10.1. The van der Waals surface area contributed by atoms with Crippen molar-refractivity contribution in [3.05, 3.63) is 57.6 Å². The molecular formula is C15H10BrN3. The van der Waals surface area contributed by atoms with E-state index in [1.807, 2.05) is 31.2 Å². The molecule has 2 aromatic rings. The van der Waals surface area contributed by atoms with Crippen LogP contribution in [0.4, 0.5) is 11.4 Å². The monoisotopic (exact) mass is 311 g/mol. The minimum absolute atomic E-state index is 0.558. The van der Waals surface area contributed by atoms with Gasteiger partial charge in [0.1, 0.15) is 6.07 Å². The Kier molecular flexibility index (Phi) is 3.85. The molecular weight excluding hydrogens is 302 g/mol. The molecule has 0 aliphatic heterocycles. The van der Waals surface area contributed by atoms with Crippen molar-refractivity contribution < 1.29 is 0 Å². The highest BCUT2D eigenvalue weighted by Gasteiger charge is 2.05. The van der Waals surface area contributed by atoms with Crippen LogP contribution in [0.2, 0.25) is 0 Å². The number of aryl methyl sites for hydroxylation is 1. The second kappa shape index (κ2) is 5.56. The molecule has 4 heteroatoms. The van der Waals surface area contributed by atoms with Gasteiger partial charge in [0.15, 0.2) is 0 Å². The first kappa shape index (κ1) is 13.1. The molecule has 0 aromatic heterocycles. The Morgan fingerprint density at radius 1 is 1.00 bits per heavy atom. The Morgan fingerprint density at radius 3 is 2.42 bits per heavy atom. The third kappa shape index (κ3) is 2.93. The molecule has 0 bridgehead atoms. The molecule has 19 heavy (non-hydrogen) atoms. The van der Waals surface area contributed by atoms with Gasteiger partial charge in [-0.2, -0.15) is 10.5 Å². The molecule has 3 nitrogen and oxygen atoms in total. The number of anilines is 2. The second-order valence-corrected chi connectivity index (χ2v) is 4.98. The molecule has 0 amide bonds. The average molecular weight is 312 g/mol. The number of hydrogen-bond acceptors (Lipinski definition) is 3. The van der Waals surface area contributed by atoms with Crippen molar-refractivity contribution in [3.8, 4) is 12.1 Å². The highest BCUT2D eigenvalue weighted by Crippen LogP contribution is 2.25. The largest absolute Gasteiger partial charge is 0.354 e. The van der Waals surface area contributed by atoms with Gasteiger partial charge >= 0.3 is 0 Å². The van der Waals surface area contributed by atoms with E-state index in [0.29, 0.717) is 16.8 Å². The second-order valence-electron chi connectivity index (χ2n) is 4.07. The lowest BCUT2D eigenvalue weighted by Crippen LogP contribution is -1.95. The average Bonchev–Trinajstić information content (AvgIpc) is 2.41. The number of nitrogens with one attached hydrogen (secondary N) is 1. The maximum absolute atomic E-state index is 9.07. The van der Waals surface area contributed by atoms with Crippen molar-refractivity contribution in [1.29, 1.82) is 10.5 Å². The first-order chi connectivity index (χ1) is 9.13. The summed E-state index contributed by atoms with van der Waals surface area (Å²) in [5.74, 6) is 0. The van der Waals surface area contributed by atoms with Crippen molar-refractivity contribution >= 4 is 27.3 Å². The molecule has 92 valence electrons. The smallest absolute Gasteiger partial charge is 0.101 e. The zero-order valence-electron chi connectivity index (χ0n) is 10.2. The van der Waals surface area contributed by atoms with Gasteiger partial charge in [0.05, 0.1) is 22.9 Å². The molecule has 0 saturated carbocycles. The molecule has 0 aliphatic carbocycles. The lowest BCUT2D eigenvalue weighted by Gasteiger charge is -2.10. The van der Waals surface area contributed by atoms with Crippen molar-refractivity contribution in [2.24, 2.45) is 0 Å². The number of halogens is 1. The number of hydrogen-bond donors (Lipinski definition) is 1. The maximum atomic E-state index is 9.07. The van der Waals surface area contributed by atoms with Gasteiger partial charge in [-0.15, -0.1) is 0 Å². The zero-order chi connectivity index (χ0) is 13.8. The highest BCUT2D eigenvalue weighted by atomic mass is 79.9. The Balaban J connectivity index is 2.40. The fourth-order valence-electron chi connectivity index (χ4n) is 1.69. The standard InChI is InChI=1S/C15H10BrN3/c1-10-2-5-14(6-12(10)9-18)19-15-7-13(16)4-3-11(15)8-17/h2-7,19H,1H3. The Bertz CT molecular complexity index is 708. The SMILES string of the molecule is Cc1ccc(Nc2cc(Br)ccc2C#N)cc1C#N. The first-order valence-corrected chi connectivity index (χ1v) is 6.41. The van der Waals surface area contributed by atoms with Gasteiger partial charge in [-0.25, -0.2) is 0 Å². The Hall–Kier alpha value is -2.30. The van der Waals surface area contributed by atoms with Gasteiger partial charge in [-0.1, -0.05) is 22.0 Å². The van der Waals surface area contributed by atoms with Gasteiger partial charge in [-0.05, 0) is 42.8 Å². The van der Waals surface area contributed by atoms with Gasteiger partial charge < -0.3 is 5.32 Å². The molecule has 0 radical (unpaired) electrons. The van der Waals surface area contributed by atoms with E-state index < -0.39 is 0 Å². The number of rotatable bonds is 2. The molecule has 0 spiro atoms. The van der Waals surface area contributed by atoms with Crippen LogP contribution in [0, 0.1) is 29.6 Å². The fourth-order valence-corrected chi connectivity index (χ4v) is 2.05. The van der Waals surface area contributed by atoms with Crippen LogP contribution in [0.15, 0.2) is 40.9 Å². The summed E-state index contributed by atoms with van der Waals surface area (Å²) in [4.78, 5) is 0. The van der Waals surface area contributed by atoms with Crippen LogP contribution in [0.3, 0.4) is 0 Å². The van der Waals surface area contributed by atoms with Crippen LogP contribution in [0.25, 0.3) is 0 Å². The molecule has 2 aromatic carbocycles.